The van der Waals surface area contributed by atoms with Gasteiger partial charge in [-0.2, -0.15) is 4.68 Å². The van der Waals surface area contributed by atoms with Gasteiger partial charge < -0.3 is 9.52 Å². The van der Waals surface area contributed by atoms with Gasteiger partial charge in [-0.15, -0.1) is 5.10 Å². The Morgan fingerprint density at radius 3 is 2.48 bits per heavy atom. The first kappa shape index (κ1) is 17.3. The second kappa shape index (κ2) is 5.71. The van der Waals surface area contributed by atoms with E-state index in [0.717, 1.165) is 22.4 Å². The number of rotatable bonds is 1. The molecule has 0 spiro atoms. The van der Waals surface area contributed by atoms with Crippen LogP contribution in [0.3, 0.4) is 0 Å². The van der Waals surface area contributed by atoms with Crippen molar-refractivity contribution < 1.29 is 9.52 Å². The molecule has 2 aliphatic heterocycles. The molecule has 0 radical (unpaired) electrons. The Labute approximate surface area is 157 Å². The van der Waals surface area contributed by atoms with Crippen LogP contribution in [0.5, 0.6) is 5.75 Å². The van der Waals surface area contributed by atoms with Gasteiger partial charge in [0, 0.05) is 5.39 Å². The van der Waals surface area contributed by atoms with E-state index in [1.54, 1.807) is 12.1 Å². The van der Waals surface area contributed by atoms with Crippen LogP contribution in [0.15, 0.2) is 45.6 Å². The maximum atomic E-state index is 13.0. The maximum absolute atomic E-state index is 13.0. The Bertz CT molecular complexity index is 1210. The zero-order chi connectivity index (χ0) is 19.5. The van der Waals surface area contributed by atoms with Crippen molar-refractivity contribution >= 4 is 11.0 Å². The molecule has 0 atom stereocenters. The number of benzene rings is 2. The molecule has 0 saturated carbocycles. The number of aromatic nitrogens is 2. The molecule has 0 bridgehead atoms. The molecule has 138 valence electrons. The van der Waals surface area contributed by atoms with Gasteiger partial charge in [-0.25, -0.2) is 0 Å². The Kier molecular flexibility index (Phi) is 3.67. The molecule has 27 heavy (non-hydrogen) atoms. The molecule has 0 aliphatic carbocycles. The standard InChI is InChI=1S/C22H22N2O3/c1-12-6-7-17(13(2)8-12)24-21(26)16-10-14-9-15(22(3,4)5)11-18(25)19(14)27-20(16)23-24/h6-11,25H,1-5H3. The molecule has 2 aliphatic rings. The van der Waals surface area contributed by atoms with E-state index in [-0.39, 0.29) is 22.6 Å². The van der Waals surface area contributed by atoms with Gasteiger partial charge in [-0.05, 0) is 54.7 Å². The van der Waals surface area contributed by atoms with Crippen molar-refractivity contribution in [3.05, 3.63) is 63.4 Å². The van der Waals surface area contributed by atoms with Gasteiger partial charge in [0.1, 0.15) is 5.56 Å². The minimum atomic E-state index is -0.233. The smallest absolute Gasteiger partial charge is 0.284 e. The predicted molar refractivity (Wildman–Crippen MR) is 106 cm³/mol. The molecule has 2 aromatic carbocycles. The van der Waals surface area contributed by atoms with Crippen molar-refractivity contribution in [3.8, 4) is 22.9 Å². The van der Waals surface area contributed by atoms with E-state index < -0.39 is 0 Å². The minimum absolute atomic E-state index is 0.0489. The number of phenolic OH excluding ortho intramolecular Hbond substituents is 1. The fraction of sp³-hybridized carbons (Fsp3) is 0.273. The van der Waals surface area contributed by atoms with Crippen LogP contribution in [0.1, 0.15) is 37.5 Å². The van der Waals surface area contributed by atoms with Crippen molar-refractivity contribution in [2.75, 3.05) is 0 Å². The van der Waals surface area contributed by atoms with Crippen molar-refractivity contribution in [1.82, 2.24) is 9.78 Å². The Hall–Kier alpha value is -3.08. The zero-order valence-corrected chi connectivity index (χ0v) is 16.1. The van der Waals surface area contributed by atoms with Crippen LogP contribution < -0.4 is 5.56 Å². The van der Waals surface area contributed by atoms with Gasteiger partial charge in [-0.1, -0.05) is 38.5 Å². The van der Waals surface area contributed by atoms with Crippen LogP contribution in [-0.2, 0) is 5.41 Å². The van der Waals surface area contributed by atoms with Crippen LogP contribution >= 0.6 is 0 Å². The van der Waals surface area contributed by atoms with Crippen LogP contribution in [-0.4, -0.2) is 14.9 Å². The first-order valence-corrected chi connectivity index (χ1v) is 8.93. The number of phenols is 1. The van der Waals surface area contributed by atoms with Gasteiger partial charge in [0.2, 0.25) is 5.89 Å². The number of nitrogens with zero attached hydrogens (tertiary/aromatic N) is 2. The Balaban J connectivity index is 2.00. The zero-order valence-electron chi connectivity index (χ0n) is 16.1. The summed E-state index contributed by atoms with van der Waals surface area (Å²) in [5, 5.41) is 15.5. The lowest BCUT2D eigenvalue weighted by Crippen LogP contribution is -2.15. The van der Waals surface area contributed by atoms with Crippen LogP contribution in [0.25, 0.3) is 28.1 Å². The third-order valence-electron chi connectivity index (χ3n) is 4.89. The second-order valence-electron chi connectivity index (χ2n) is 8.14. The summed E-state index contributed by atoms with van der Waals surface area (Å²) in [5.41, 5.74) is 4.14. The summed E-state index contributed by atoms with van der Waals surface area (Å²) in [6.45, 7) is 10.2. The highest BCUT2D eigenvalue weighted by Crippen LogP contribution is 2.35. The third-order valence-corrected chi connectivity index (χ3v) is 4.89. The average molecular weight is 362 g/mol. The normalized spacial score (nSPS) is 12.2. The largest absolute Gasteiger partial charge is 0.504 e. The van der Waals surface area contributed by atoms with E-state index >= 15 is 0 Å². The quantitative estimate of drug-likeness (QED) is 0.533. The van der Waals surface area contributed by atoms with Gasteiger partial charge >= 0.3 is 0 Å². The first-order valence-electron chi connectivity index (χ1n) is 8.93. The van der Waals surface area contributed by atoms with Crippen molar-refractivity contribution in [2.24, 2.45) is 0 Å². The summed E-state index contributed by atoms with van der Waals surface area (Å²) in [4.78, 5) is 13.0. The van der Waals surface area contributed by atoms with Crippen LogP contribution in [0.2, 0.25) is 0 Å². The van der Waals surface area contributed by atoms with Gasteiger partial charge in [0.05, 0.1) is 5.69 Å². The van der Waals surface area contributed by atoms with Gasteiger partial charge in [-0.3, -0.25) is 4.79 Å². The van der Waals surface area contributed by atoms with E-state index in [1.807, 2.05) is 38.1 Å². The highest BCUT2D eigenvalue weighted by molar-refractivity contribution is 5.87. The molecule has 0 fully saturated rings. The molecule has 4 rings (SSSR count). The molecule has 1 N–H and O–H groups in total. The van der Waals surface area contributed by atoms with E-state index in [4.69, 9.17) is 4.42 Å². The fourth-order valence-corrected chi connectivity index (χ4v) is 3.34. The highest BCUT2D eigenvalue weighted by Gasteiger charge is 2.23. The molecule has 0 unspecified atom stereocenters. The fourth-order valence-electron chi connectivity index (χ4n) is 3.34. The van der Waals surface area contributed by atoms with Crippen molar-refractivity contribution in [2.45, 2.75) is 40.0 Å². The number of fused-ring (bicyclic) bond motifs is 2. The summed E-state index contributed by atoms with van der Waals surface area (Å²) in [7, 11) is 0. The number of aryl methyl sites for hydroxylation is 2. The lowest BCUT2D eigenvalue weighted by atomic mass is 9.86. The molecule has 0 saturated heterocycles. The third kappa shape index (κ3) is 2.79. The number of aromatic hydroxyl groups is 1. The van der Waals surface area contributed by atoms with E-state index in [0.29, 0.717) is 16.5 Å². The van der Waals surface area contributed by atoms with Crippen LogP contribution in [0.4, 0.5) is 0 Å². The monoisotopic (exact) mass is 362 g/mol. The molecule has 5 nitrogen and oxygen atoms in total. The van der Waals surface area contributed by atoms with Crippen LogP contribution in [0, 0.1) is 13.8 Å². The number of hydrogen-bond acceptors (Lipinski definition) is 4. The van der Waals surface area contributed by atoms with Gasteiger partial charge in [0.15, 0.2) is 11.3 Å². The Morgan fingerprint density at radius 2 is 1.81 bits per heavy atom. The summed E-state index contributed by atoms with van der Waals surface area (Å²) in [6, 6.07) is 11.2. The SMILES string of the molecule is Cc1ccc(-n2nc3oc4c(O)cc(C(C)(C)C)cc4cc-3c2=O)c(C)c1. The molecule has 0 aromatic heterocycles. The second-order valence-corrected chi connectivity index (χ2v) is 8.14. The molecule has 2 aromatic rings. The molecular formula is C22H22N2O3. The van der Waals surface area contributed by atoms with E-state index in [2.05, 4.69) is 25.9 Å². The molecule has 2 heterocycles. The molecule has 5 heteroatoms. The topological polar surface area (TPSA) is 68.3 Å². The number of hydrogen-bond donors (Lipinski definition) is 1. The first-order chi connectivity index (χ1) is 12.6. The summed E-state index contributed by atoms with van der Waals surface area (Å²) >= 11 is 0. The lowest BCUT2D eigenvalue weighted by molar-refractivity contribution is 0.459. The molecular weight excluding hydrogens is 340 g/mol. The summed E-state index contributed by atoms with van der Waals surface area (Å²) in [5.74, 6) is 0.263. The average Bonchev–Trinajstić information content (AvgIpc) is 2.89. The highest BCUT2D eigenvalue weighted by atomic mass is 16.4. The Morgan fingerprint density at radius 1 is 1.07 bits per heavy atom. The summed E-state index contributed by atoms with van der Waals surface area (Å²) < 4.78 is 7.17. The van der Waals surface area contributed by atoms with Crippen molar-refractivity contribution in [3.63, 3.8) is 0 Å². The van der Waals surface area contributed by atoms with Crippen molar-refractivity contribution in [1.29, 1.82) is 0 Å². The van der Waals surface area contributed by atoms with E-state index in [9.17, 15) is 9.90 Å². The maximum Gasteiger partial charge on any atom is 0.284 e. The van der Waals surface area contributed by atoms with E-state index in [1.165, 1.54) is 4.68 Å². The lowest BCUT2D eigenvalue weighted by Gasteiger charge is -2.19. The predicted octanol–water partition coefficient (Wildman–Crippen LogP) is 4.70. The van der Waals surface area contributed by atoms with Gasteiger partial charge in [0.25, 0.3) is 5.56 Å². The molecule has 0 amide bonds. The summed E-state index contributed by atoms with van der Waals surface area (Å²) in [6.07, 6.45) is 0. The minimum Gasteiger partial charge on any atom is -0.504 e.